The van der Waals surface area contributed by atoms with Gasteiger partial charge >= 0.3 is 0 Å². The first-order valence-corrected chi connectivity index (χ1v) is 9.11. The smallest absolute Gasteiger partial charge is 0.0919 e. The molecule has 0 aliphatic rings. The van der Waals surface area contributed by atoms with E-state index < -0.39 is 0 Å². The maximum Gasteiger partial charge on any atom is 0.0919 e. The summed E-state index contributed by atoms with van der Waals surface area (Å²) in [5.74, 6) is 0. The van der Waals surface area contributed by atoms with Crippen molar-refractivity contribution in [1.82, 2.24) is 9.36 Å². The maximum atomic E-state index is 4.69. The highest BCUT2D eigenvalue weighted by atomic mass is 32.1. The minimum absolute atomic E-state index is 1.07. The first-order valence-electron chi connectivity index (χ1n) is 8.28. The van der Waals surface area contributed by atoms with E-state index in [0.717, 1.165) is 25.0 Å². The van der Waals surface area contributed by atoms with Crippen LogP contribution in [0.2, 0.25) is 0 Å². The lowest BCUT2D eigenvalue weighted by atomic mass is 9.91. The Morgan fingerprint density at radius 1 is 0.870 bits per heavy atom. The molecule has 2 heterocycles. The summed E-state index contributed by atoms with van der Waals surface area (Å²) in [5.41, 5.74) is 9.13. The number of rotatable bonds is 5. The fourth-order valence-corrected chi connectivity index (χ4v) is 3.92. The van der Waals surface area contributed by atoms with Crippen LogP contribution in [-0.4, -0.2) is 9.36 Å². The van der Waals surface area contributed by atoms with Crippen LogP contribution < -0.4 is 0 Å². The second-order valence-corrected chi connectivity index (χ2v) is 6.28. The van der Waals surface area contributed by atoms with Crippen molar-refractivity contribution in [1.29, 1.82) is 0 Å². The van der Waals surface area contributed by atoms with E-state index in [1.807, 2.05) is 12.4 Å². The number of pyridine rings is 1. The Kier molecular flexibility index (Phi) is 4.87. The van der Waals surface area contributed by atoms with Gasteiger partial charge in [-0.05, 0) is 77.3 Å². The van der Waals surface area contributed by atoms with Crippen LogP contribution in [0.1, 0.15) is 37.5 Å². The van der Waals surface area contributed by atoms with Crippen LogP contribution in [0.25, 0.3) is 22.4 Å². The van der Waals surface area contributed by atoms with Gasteiger partial charge in [-0.25, -0.2) is 0 Å². The SMILES string of the molecule is CCc1cc(-c2nscc2-c2ccncc2)cc(CC)c1CC. The maximum absolute atomic E-state index is 4.69. The standard InChI is InChI=1S/C20H22N2S/c1-4-14-11-17(12-15(5-2)18(14)6-3)20-19(13-23-22-20)16-7-9-21-10-8-16/h7-13H,4-6H2,1-3H3. The Morgan fingerprint density at radius 2 is 1.52 bits per heavy atom. The van der Waals surface area contributed by atoms with Crippen molar-refractivity contribution in [2.24, 2.45) is 0 Å². The van der Waals surface area contributed by atoms with Gasteiger partial charge in [-0.2, -0.15) is 4.37 Å². The Bertz CT molecular complexity index is 765. The molecule has 0 fully saturated rings. The van der Waals surface area contributed by atoms with Gasteiger partial charge in [0.25, 0.3) is 0 Å². The van der Waals surface area contributed by atoms with Crippen LogP contribution in [-0.2, 0) is 19.3 Å². The molecule has 0 spiro atoms. The highest BCUT2D eigenvalue weighted by Crippen LogP contribution is 2.34. The van der Waals surface area contributed by atoms with Gasteiger partial charge in [-0.1, -0.05) is 20.8 Å². The van der Waals surface area contributed by atoms with Crippen LogP contribution in [0.4, 0.5) is 0 Å². The van der Waals surface area contributed by atoms with Crippen molar-refractivity contribution in [3.8, 4) is 22.4 Å². The minimum atomic E-state index is 1.07. The molecule has 0 N–H and O–H groups in total. The third-order valence-electron chi connectivity index (χ3n) is 4.38. The van der Waals surface area contributed by atoms with E-state index in [0.29, 0.717) is 0 Å². The number of benzene rings is 1. The number of aromatic nitrogens is 2. The molecule has 0 atom stereocenters. The van der Waals surface area contributed by atoms with E-state index in [1.54, 1.807) is 0 Å². The summed E-state index contributed by atoms with van der Waals surface area (Å²) in [4.78, 5) is 4.12. The van der Waals surface area contributed by atoms with Crippen LogP contribution >= 0.6 is 11.5 Å². The van der Waals surface area contributed by atoms with Crippen molar-refractivity contribution in [3.05, 3.63) is 58.7 Å². The molecular weight excluding hydrogens is 300 g/mol. The second-order valence-electron chi connectivity index (χ2n) is 5.65. The molecule has 23 heavy (non-hydrogen) atoms. The van der Waals surface area contributed by atoms with Gasteiger partial charge in [0.2, 0.25) is 0 Å². The molecule has 0 saturated carbocycles. The lowest BCUT2D eigenvalue weighted by Crippen LogP contribution is -1.99. The van der Waals surface area contributed by atoms with E-state index in [4.69, 9.17) is 4.37 Å². The van der Waals surface area contributed by atoms with E-state index in [1.165, 1.54) is 44.9 Å². The van der Waals surface area contributed by atoms with Crippen molar-refractivity contribution < 1.29 is 0 Å². The molecule has 1 aromatic carbocycles. The van der Waals surface area contributed by atoms with E-state index >= 15 is 0 Å². The third-order valence-corrected chi connectivity index (χ3v) is 5.01. The summed E-state index contributed by atoms with van der Waals surface area (Å²) < 4.78 is 4.69. The highest BCUT2D eigenvalue weighted by Gasteiger charge is 2.14. The zero-order chi connectivity index (χ0) is 16.2. The van der Waals surface area contributed by atoms with E-state index in [-0.39, 0.29) is 0 Å². The van der Waals surface area contributed by atoms with Crippen molar-refractivity contribution >= 4 is 11.5 Å². The summed E-state index contributed by atoms with van der Waals surface area (Å²) in [6.07, 6.45) is 6.91. The molecule has 0 amide bonds. The molecule has 0 unspecified atom stereocenters. The van der Waals surface area contributed by atoms with Gasteiger partial charge in [-0.3, -0.25) is 4.98 Å². The van der Waals surface area contributed by atoms with Gasteiger partial charge in [0, 0.05) is 28.9 Å². The second kappa shape index (κ2) is 7.05. The number of hydrogen-bond acceptors (Lipinski definition) is 3. The van der Waals surface area contributed by atoms with Crippen molar-refractivity contribution in [3.63, 3.8) is 0 Å². The first kappa shape index (κ1) is 15.9. The van der Waals surface area contributed by atoms with Crippen LogP contribution in [0, 0.1) is 0 Å². The predicted molar refractivity (Wildman–Crippen MR) is 98.9 cm³/mol. The zero-order valence-electron chi connectivity index (χ0n) is 14.0. The molecule has 118 valence electrons. The minimum Gasteiger partial charge on any atom is -0.265 e. The molecular formula is C20H22N2S. The largest absolute Gasteiger partial charge is 0.265 e. The molecule has 0 saturated heterocycles. The van der Waals surface area contributed by atoms with Crippen LogP contribution in [0.3, 0.4) is 0 Å². The zero-order valence-corrected chi connectivity index (χ0v) is 14.8. The molecule has 0 bridgehead atoms. The molecule has 3 rings (SSSR count). The number of hydrogen-bond donors (Lipinski definition) is 0. The first-order chi connectivity index (χ1) is 11.3. The summed E-state index contributed by atoms with van der Waals surface area (Å²) in [5, 5.41) is 2.13. The van der Waals surface area contributed by atoms with Crippen molar-refractivity contribution in [2.45, 2.75) is 40.0 Å². The van der Waals surface area contributed by atoms with Gasteiger partial charge in [0.1, 0.15) is 0 Å². The summed E-state index contributed by atoms with van der Waals surface area (Å²) in [7, 11) is 0. The van der Waals surface area contributed by atoms with Crippen LogP contribution in [0.15, 0.2) is 42.0 Å². The molecule has 0 radical (unpaired) electrons. The van der Waals surface area contributed by atoms with Gasteiger partial charge in [-0.15, -0.1) is 0 Å². The summed E-state index contributed by atoms with van der Waals surface area (Å²) in [6.45, 7) is 6.73. The number of aryl methyl sites for hydroxylation is 2. The van der Waals surface area contributed by atoms with Gasteiger partial charge < -0.3 is 0 Å². The van der Waals surface area contributed by atoms with Crippen LogP contribution in [0.5, 0.6) is 0 Å². The fraction of sp³-hybridized carbons (Fsp3) is 0.300. The number of nitrogens with zero attached hydrogens (tertiary/aromatic N) is 2. The molecule has 3 aromatic rings. The molecule has 0 aliphatic carbocycles. The average Bonchev–Trinajstić information content (AvgIpc) is 3.10. The topological polar surface area (TPSA) is 25.8 Å². The van der Waals surface area contributed by atoms with Gasteiger partial charge in [0.05, 0.1) is 5.69 Å². The Labute approximate surface area is 142 Å². The summed E-state index contributed by atoms with van der Waals surface area (Å²) in [6, 6.07) is 8.76. The Hall–Kier alpha value is -2.00. The van der Waals surface area contributed by atoms with E-state index in [9.17, 15) is 0 Å². The Morgan fingerprint density at radius 3 is 2.09 bits per heavy atom. The Balaban J connectivity index is 2.15. The third kappa shape index (κ3) is 3.06. The quantitative estimate of drug-likeness (QED) is 0.614. The predicted octanol–water partition coefficient (Wildman–Crippen LogP) is 5.56. The molecule has 2 nitrogen and oxygen atoms in total. The highest BCUT2D eigenvalue weighted by molar-refractivity contribution is 7.04. The van der Waals surface area contributed by atoms with E-state index in [2.05, 4.69) is 55.4 Å². The van der Waals surface area contributed by atoms with Crippen molar-refractivity contribution in [2.75, 3.05) is 0 Å². The fourth-order valence-electron chi connectivity index (χ4n) is 3.20. The summed E-state index contributed by atoms with van der Waals surface area (Å²) >= 11 is 1.52. The van der Waals surface area contributed by atoms with Gasteiger partial charge in [0.15, 0.2) is 0 Å². The lowest BCUT2D eigenvalue weighted by molar-refractivity contribution is 0.982. The molecule has 2 aromatic heterocycles. The average molecular weight is 322 g/mol. The molecule has 0 aliphatic heterocycles. The monoisotopic (exact) mass is 322 g/mol. The molecule has 3 heteroatoms. The lowest BCUT2D eigenvalue weighted by Gasteiger charge is -2.14. The normalized spacial score (nSPS) is 10.9.